The van der Waals surface area contributed by atoms with Crippen molar-refractivity contribution < 1.29 is 14.3 Å². The van der Waals surface area contributed by atoms with Crippen LogP contribution in [0.3, 0.4) is 0 Å². The van der Waals surface area contributed by atoms with Gasteiger partial charge >= 0.3 is 5.97 Å². The lowest BCUT2D eigenvalue weighted by molar-refractivity contribution is -0.149. The molecule has 1 aliphatic heterocycles. The van der Waals surface area contributed by atoms with Gasteiger partial charge in [0, 0.05) is 6.54 Å². The number of ketones is 1. The van der Waals surface area contributed by atoms with Crippen LogP contribution < -0.4 is 0 Å². The molecule has 1 aliphatic rings. The molecule has 0 radical (unpaired) electrons. The summed E-state index contributed by atoms with van der Waals surface area (Å²) in [4.78, 5) is 22.3. The van der Waals surface area contributed by atoms with Crippen LogP contribution in [-0.2, 0) is 14.3 Å². The Labute approximate surface area is 73.5 Å². The summed E-state index contributed by atoms with van der Waals surface area (Å²) in [5.74, 6) is -1.02. The van der Waals surface area contributed by atoms with Gasteiger partial charge in [-0.1, -0.05) is 9.39 Å². The molecule has 2 unspecified atom stereocenters. The van der Waals surface area contributed by atoms with Crippen molar-refractivity contribution in [3.05, 3.63) is 0 Å². The highest BCUT2D eigenvalue weighted by molar-refractivity contribution is 7.13. The minimum atomic E-state index is -0.567. The summed E-state index contributed by atoms with van der Waals surface area (Å²) in [7, 11) is 2.41. The van der Waals surface area contributed by atoms with Crippen molar-refractivity contribution in [2.75, 3.05) is 19.7 Å². The summed E-state index contributed by atoms with van der Waals surface area (Å²) >= 11 is 0. The summed E-state index contributed by atoms with van der Waals surface area (Å²) in [5, 5.41) is 0. The lowest BCUT2D eigenvalue weighted by Gasteiger charge is -2.06. The van der Waals surface area contributed by atoms with Crippen molar-refractivity contribution in [3.8, 4) is 0 Å². The zero-order valence-electron chi connectivity index (χ0n) is 6.95. The third-order valence-corrected chi connectivity index (χ3v) is 2.13. The highest BCUT2D eigenvalue weighted by atomic mass is 31.0. The highest BCUT2D eigenvalue weighted by Crippen LogP contribution is 2.17. The van der Waals surface area contributed by atoms with Crippen molar-refractivity contribution >= 4 is 21.1 Å². The van der Waals surface area contributed by atoms with Gasteiger partial charge in [-0.15, -0.1) is 0 Å². The Kier molecular flexibility index (Phi) is 3.18. The molecule has 1 heterocycles. The first kappa shape index (κ1) is 9.62. The minimum absolute atomic E-state index is 0.0524. The molecule has 1 rings (SSSR count). The Morgan fingerprint density at radius 3 is 2.92 bits per heavy atom. The predicted molar refractivity (Wildman–Crippen MR) is 46.4 cm³/mol. The molecule has 0 aromatic rings. The molecule has 4 nitrogen and oxygen atoms in total. The number of nitrogens with zero attached hydrogens (tertiary/aromatic N) is 1. The first-order valence-corrected chi connectivity index (χ1v) is 4.35. The van der Waals surface area contributed by atoms with Crippen molar-refractivity contribution in [3.63, 3.8) is 0 Å². The van der Waals surface area contributed by atoms with E-state index in [1.54, 1.807) is 11.6 Å². The van der Waals surface area contributed by atoms with Gasteiger partial charge in [-0.2, -0.15) is 0 Å². The van der Waals surface area contributed by atoms with Crippen LogP contribution in [0.25, 0.3) is 0 Å². The molecule has 0 N–H and O–H groups in total. The Hall–Kier alpha value is -0.470. The normalized spacial score (nSPS) is 24.5. The second kappa shape index (κ2) is 3.97. The van der Waals surface area contributed by atoms with Gasteiger partial charge in [0.15, 0.2) is 5.78 Å². The van der Waals surface area contributed by atoms with E-state index < -0.39 is 11.9 Å². The Morgan fingerprint density at radius 2 is 2.50 bits per heavy atom. The molecule has 0 aliphatic carbocycles. The van der Waals surface area contributed by atoms with Crippen molar-refractivity contribution in [1.29, 1.82) is 0 Å². The van der Waals surface area contributed by atoms with E-state index >= 15 is 0 Å². The lowest BCUT2D eigenvalue weighted by atomic mass is 10.1. The molecule has 0 spiro atoms. The number of Topliss-reactive ketones (excluding diaryl/α,β-unsaturated/α-hetero) is 1. The van der Waals surface area contributed by atoms with Crippen LogP contribution in [0.2, 0.25) is 0 Å². The van der Waals surface area contributed by atoms with Crippen molar-refractivity contribution in [2.24, 2.45) is 5.92 Å². The average molecular weight is 189 g/mol. The molecule has 12 heavy (non-hydrogen) atoms. The molecule has 0 amide bonds. The van der Waals surface area contributed by atoms with Crippen LogP contribution in [0.4, 0.5) is 0 Å². The molecule has 68 valence electrons. The summed E-state index contributed by atoms with van der Waals surface area (Å²) in [5.41, 5.74) is 0. The minimum Gasteiger partial charge on any atom is -0.465 e. The largest absolute Gasteiger partial charge is 0.465 e. The zero-order chi connectivity index (χ0) is 9.14. The smallest absolute Gasteiger partial charge is 0.317 e. The maximum absolute atomic E-state index is 11.1. The van der Waals surface area contributed by atoms with Crippen LogP contribution in [0.5, 0.6) is 0 Å². The maximum Gasteiger partial charge on any atom is 0.317 e. The van der Waals surface area contributed by atoms with Gasteiger partial charge in [0.25, 0.3) is 0 Å². The molecular weight excluding hydrogens is 177 g/mol. The van der Waals surface area contributed by atoms with Crippen LogP contribution in [0.1, 0.15) is 6.92 Å². The number of hydrogen-bond donors (Lipinski definition) is 0. The fourth-order valence-corrected chi connectivity index (χ4v) is 1.55. The van der Waals surface area contributed by atoms with E-state index in [9.17, 15) is 9.59 Å². The number of ether oxygens (including phenoxy) is 1. The van der Waals surface area contributed by atoms with Gasteiger partial charge in [-0.3, -0.25) is 14.3 Å². The number of carbonyl (C=O) groups is 2. The maximum atomic E-state index is 11.1. The first-order chi connectivity index (χ1) is 5.65. The van der Waals surface area contributed by atoms with Gasteiger partial charge < -0.3 is 4.74 Å². The third-order valence-electron chi connectivity index (χ3n) is 1.74. The number of rotatable bonds is 2. The zero-order valence-corrected chi connectivity index (χ0v) is 8.10. The van der Waals surface area contributed by atoms with Crippen molar-refractivity contribution in [2.45, 2.75) is 6.92 Å². The highest BCUT2D eigenvalue weighted by Gasteiger charge is 2.35. The molecule has 1 fully saturated rings. The van der Waals surface area contributed by atoms with Crippen LogP contribution in [0, 0.1) is 5.92 Å². The van der Waals surface area contributed by atoms with E-state index in [4.69, 9.17) is 4.74 Å². The van der Waals surface area contributed by atoms with Gasteiger partial charge in [0.05, 0.1) is 13.2 Å². The topological polar surface area (TPSA) is 46.6 Å². The van der Waals surface area contributed by atoms with E-state index in [1.807, 2.05) is 0 Å². The predicted octanol–water partition coefficient (Wildman–Crippen LogP) is -0.160. The summed E-state index contributed by atoms with van der Waals surface area (Å²) in [6.07, 6.45) is 0. The molecule has 5 heteroatoms. The average Bonchev–Trinajstić information content (AvgIpc) is 2.30. The first-order valence-electron chi connectivity index (χ1n) is 3.84. The van der Waals surface area contributed by atoms with Gasteiger partial charge in [-0.05, 0) is 6.92 Å². The fraction of sp³-hybridized carbons (Fsp3) is 0.714. The van der Waals surface area contributed by atoms with E-state index in [2.05, 4.69) is 9.39 Å². The van der Waals surface area contributed by atoms with Crippen LogP contribution in [-0.4, -0.2) is 36.1 Å². The molecular formula is C7H12NO3P. The standard InChI is InChI=1S/C7H12NO3P/c1-2-11-7(10)5-3-8(12)4-6(5)9/h5H,2-4,12H2,1H3. The second-order valence-electron chi connectivity index (χ2n) is 2.70. The molecule has 0 aromatic carbocycles. The monoisotopic (exact) mass is 189 g/mol. The number of hydrogen-bond acceptors (Lipinski definition) is 4. The lowest BCUT2D eigenvalue weighted by Crippen LogP contribution is -2.24. The second-order valence-corrected chi connectivity index (χ2v) is 3.43. The van der Waals surface area contributed by atoms with Gasteiger partial charge in [0.2, 0.25) is 0 Å². The number of carbonyl (C=O) groups excluding carboxylic acids is 2. The molecule has 0 bridgehead atoms. The van der Waals surface area contributed by atoms with Crippen LogP contribution in [0.15, 0.2) is 0 Å². The van der Waals surface area contributed by atoms with Crippen LogP contribution >= 0.6 is 9.39 Å². The SMILES string of the molecule is CCOC(=O)C1CN(P)CC1=O. The molecule has 2 atom stereocenters. The van der Waals surface area contributed by atoms with Crippen molar-refractivity contribution in [1.82, 2.24) is 4.67 Å². The summed E-state index contributed by atoms with van der Waals surface area (Å²) in [6, 6.07) is 0. The van der Waals surface area contributed by atoms with Gasteiger partial charge in [0.1, 0.15) is 5.92 Å². The molecule has 0 saturated carbocycles. The summed E-state index contributed by atoms with van der Waals surface area (Å²) < 4.78 is 6.49. The Bertz CT molecular complexity index is 207. The Balaban J connectivity index is 2.52. The fourth-order valence-electron chi connectivity index (χ4n) is 1.16. The third kappa shape index (κ3) is 2.02. The van der Waals surface area contributed by atoms with E-state index in [0.29, 0.717) is 19.7 Å². The van der Waals surface area contributed by atoms with E-state index in [-0.39, 0.29) is 5.78 Å². The quantitative estimate of drug-likeness (QED) is 0.344. The summed E-state index contributed by atoms with van der Waals surface area (Å²) in [6.45, 7) is 2.85. The van der Waals surface area contributed by atoms with Gasteiger partial charge in [-0.25, -0.2) is 0 Å². The van der Waals surface area contributed by atoms with E-state index in [1.165, 1.54) is 0 Å². The van der Waals surface area contributed by atoms with E-state index in [0.717, 1.165) is 0 Å². The molecule has 0 aromatic heterocycles. The number of esters is 1. The Morgan fingerprint density at radius 1 is 1.83 bits per heavy atom. The molecule has 1 saturated heterocycles.